The number of benzene rings is 1. The lowest BCUT2D eigenvalue weighted by Gasteiger charge is -2.26. The van der Waals surface area contributed by atoms with Crippen LogP contribution >= 0.6 is 0 Å². The van der Waals surface area contributed by atoms with E-state index in [4.69, 9.17) is 0 Å². The highest BCUT2D eigenvalue weighted by Gasteiger charge is 2.31. The van der Waals surface area contributed by atoms with Gasteiger partial charge in [0.1, 0.15) is 6.04 Å². The van der Waals surface area contributed by atoms with E-state index >= 15 is 0 Å². The molecule has 6 nitrogen and oxygen atoms in total. The van der Waals surface area contributed by atoms with Crippen LogP contribution in [-0.4, -0.2) is 20.9 Å². The van der Waals surface area contributed by atoms with E-state index in [-0.39, 0.29) is 23.9 Å². The summed E-state index contributed by atoms with van der Waals surface area (Å²) >= 11 is 0. The Balaban J connectivity index is 1.57. The van der Waals surface area contributed by atoms with Gasteiger partial charge in [0.25, 0.3) is 0 Å². The number of imidazole rings is 1. The molecule has 0 radical (unpaired) electrons. The van der Waals surface area contributed by atoms with Crippen molar-refractivity contribution in [1.29, 1.82) is 0 Å². The Labute approximate surface area is 164 Å². The number of hydrogen-bond donors (Lipinski definition) is 1. The Morgan fingerprint density at radius 2 is 1.79 bits per heavy atom. The van der Waals surface area contributed by atoms with Crippen LogP contribution in [-0.2, 0) is 23.1 Å². The molecule has 0 spiro atoms. The summed E-state index contributed by atoms with van der Waals surface area (Å²) in [6, 6.07) is 5.50. The molecule has 1 unspecified atom stereocenters. The highest BCUT2D eigenvalue weighted by Crippen LogP contribution is 2.31. The van der Waals surface area contributed by atoms with Crippen LogP contribution in [0.25, 0.3) is 11.0 Å². The van der Waals surface area contributed by atoms with Gasteiger partial charge < -0.3 is 0 Å². The molecule has 6 heteroatoms. The van der Waals surface area contributed by atoms with Gasteiger partial charge >= 0.3 is 5.69 Å². The van der Waals surface area contributed by atoms with Crippen molar-refractivity contribution >= 4 is 22.8 Å². The van der Waals surface area contributed by atoms with Crippen molar-refractivity contribution in [3.63, 3.8) is 0 Å². The number of amides is 2. The molecule has 2 heterocycles. The molecule has 4 rings (SSSR count). The average Bonchev–Trinajstić information content (AvgIpc) is 2.92. The van der Waals surface area contributed by atoms with Crippen LogP contribution in [0, 0.1) is 11.8 Å². The molecular weight excluding hydrogens is 354 g/mol. The van der Waals surface area contributed by atoms with Crippen molar-refractivity contribution in [1.82, 2.24) is 14.5 Å². The van der Waals surface area contributed by atoms with Gasteiger partial charge in [-0.05, 0) is 48.8 Å². The summed E-state index contributed by atoms with van der Waals surface area (Å²) in [5.74, 6) is 1.02. The van der Waals surface area contributed by atoms with Crippen molar-refractivity contribution in [3.8, 4) is 0 Å². The maximum atomic E-state index is 12.8. The van der Waals surface area contributed by atoms with E-state index in [2.05, 4.69) is 24.4 Å². The third-order valence-electron chi connectivity index (χ3n) is 6.65. The van der Waals surface area contributed by atoms with Gasteiger partial charge in [-0.2, -0.15) is 0 Å². The molecule has 2 aromatic rings. The number of aromatic nitrogens is 2. The summed E-state index contributed by atoms with van der Waals surface area (Å²) in [6.45, 7) is 2.35. The Kier molecular flexibility index (Phi) is 5.13. The van der Waals surface area contributed by atoms with Crippen molar-refractivity contribution in [2.75, 3.05) is 0 Å². The van der Waals surface area contributed by atoms with Crippen molar-refractivity contribution in [2.45, 2.75) is 64.3 Å². The van der Waals surface area contributed by atoms with Crippen molar-refractivity contribution in [3.05, 3.63) is 34.2 Å². The second-order valence-corrected chi connectivity index (χ2v) is 8.67. The lowest BCUT2D eigenvalue weighted by Crippen LogP contribution is -2.44. The summed E-state index contributed by atoms with van der Waals surface area (Å²) in [4.78, 5) is 36.5. The Morgan fingerprint density at radius 3 is 2.50 bits per heavy atom. The van der Waals surface area contributed by atoms with E-state index < -0.39 is 6.04 Å². The van der Waals surface area contributed by atoms with Gasteiger partial charge in [-0.3, -0.25) is 24.0 Å². The summed E-state index contributed by atoms with van der Waals surface area (Å²) in [5.41, 5.74) is 2.65. The van der Waals surface area contributed by atoms with E-state index in [1.165, 1.54) is 37.7 Å². The van der Waals surface area contributed by atoms with Gasteiger partial charge in [-0.25, -0.2) is 4.79 Å². The Bertz CT molecular complexity index is 963. The van der Waals surface area contributed by atoms with Gasteiger partial charge in [-0.15, -0.1) is 0 Å². The normalized spacial score (nSPS) is 25.9. The molecule has 1 N–H and O–H groups in total. The molecule has 1 saturated heterocycles. The molecular formula is C22H29N3O3. The number of carbonyl (C=O) groups excluding carboxylic acids is 2. The Hall–Kier alpha value is -2.37. The standard InChI is InChI=1S/C22H29N3O3/c1-14-3-5-15(6-4-14)7-8-16-9-10-17-19(13-16)24(2)22(28)25(17)18-11-12-20(26)23-21(18)27/h9-10,13-15,18H,3-8,11-12H2,1-2H3,(H,23,26,27). The zero-order valence-electron chi connectivity index (χ0n) is 16.7. The fraction of sp³-hybridized carbons (Fsp3) is 0.591. The first kappa shape index (κ1) is 19.0. The monoisotopic (exact) mass is 383 g/mol. The molecule has 2 amide bonds. The molecule has 0 bridgehead atoms. The lowest BCUT2D eigenvalue weighted by atomic mass is 9.80. The van der Waals surface area contributed by atoms with Crippen molar-refractivity contribution < 1.29 is 9.59 Å². The third kappa shape index (κ3) is 3.52. The van der Waals surface area contributed by atoms with E-state index in [1.807, 2.05) is 6.07 Å². The summed E-state index contributed by atoms with van der Waals surface area (Å²) in [6.07, 6.45) is 8.18. The topological polar surface area (TPSA) is 73.1 Å². The number of nitrogens with zero attached hydrogens (tertiary/aromatic N) is 2. The average molecular weight is 383 g/mol. The number of aryl methyl sites for hydroxylation is 2. The lowest BCUT2D eigenvalue weighted by molar-refractivity contribution is -0.135. The largest absolute Gasteiger partial charge is 0.329 e. The highest BCUT2D eigenvalue weighted by molar-refractivity contribution is 6.00. The minimum absolute atomic E-state index is 0.206. The molecule has 1 aliphatic heterocycles. The van der Waals surface area contributed by atoms with Crippen LogP contribution in [0.3, 0.4) is 0 Å². The number of hydrogen-bond acceptors (Lipinski definition) is 3. The summed E-state index contributed by atoms with van der Waals surface area (Å²) in [7, 11) is 1.75. The molecule has 150 valence electrons. The fourth-order valence-electron chi connectivity index (χ4n) is 4.78. The minimum atomic E-state index is -0.621. The van der Waals surface area contributed by atoms with Crippen LogP contribution < -0.4 is 11.0 Å². The molecule has 1 atom stereocenters. The first-order valence-electron chi connectivity index (χ1n) is 10.5. The van der Waals surface area contributed by atoms with Gasteiger partial charge in [0.2, 0.25) is 11.8 Å². The number of fused-ring (bicyclic) bond motifs is 1. The third-order valence-corrected chi connectivity index (χ3v) is 6.65. The van der Waals surface area contributed by atoms with E-state index in [0.717, 1.165) is 29.3 Å². The predicted octanol–water partition coefficient (Wildman–Crippen LogP) is 3.08. The zero-order chi connectivity index (χ0) is 19.8. The van der Waals surface area contributed by atoms with E-state index in [9.17, 15) is 14.4 Å². The van der Waals surface area contributed by atoms with Crippen LogP contribution in [0.15, 0.2) is 23.0 Å². The molecule has 2 fully saturated rings. The van der Waals surface area contributed by atoms with Crippen LogP contribution in [0.4, 0.5) is 0 Å². The van der Waals surface area contributed by atoms with Gasteiger partial charge in [0, 0.05) is 13.5 Å². The second kappa shape index (κ2) is 7.57. The number of carbonyl (C=O) groups is 2. The quantitative estimate of drug-likeness (QED) is 0.825. The maximum absolute atomic E-state index is 12.8. The first-order valence-corrected chi connectivity index (χ1v) is 10.5. The van der Waals surface area contributed by atoms with Gasteiger partial charge in [0.15, 0.2) is 0 Å². The fourth-order valence-corrected chi connectivity index (χ4v) is 4.78. The summed E-state index contributed by atoms with van der Waals surface area (Å²) < 4.78 is 3.16. The predicted molar refractivity (Wildman–Crippen MR) is 108 cm³/mol. The number of piperidine rings is 1. The molecule has 1 aromatic carbocycles. The van der Waals surface area contributed by atoms with E-state index in [1.54, 1.807) is 16.2 Å². The second-order valence-electron chi connectivity index (χ2n) is 8.67. The molecule has 1 aromatic heterocycles. The number of nitrogens with one attached hydrogen (secondary N) is 1. The number of rotatable bonds is 4. The van der Waals surface area contributed by atoms with Crippen LogP contribution in [0.1, 0.15) is 63.5 Å². The summed E-state index contributed by atoms with van der Waals surface area (Å²) in [5, 5.41) is 2.35. The molecule has 1 saturated carbocycles. The smallest absolute Gasteiger partial charge is 0.295 e. The molecule has 2 aliphatic rings. The Morgan fingerprint density at radius 1 is 1.04 bits per heavy atom. The SMILES string of the molecule is CC1CCC(CCc2ccc3c(c2)n(C)c(=O)n3C2CCC(=O)NC2=O)CC1. The van der Waals surface area contributed by atoms with E-state index in [0.29, 0.717) is 6.42 Å². The minimum Gasteiger partial charge on any atom is -0.295 e. The maximum Gasteiger partial charge on any atom is 0.329 e. The molecule has 28 heavy (non-hydrogen) atoms. The molecule has 1 aliphatic carbocycles. The van der Waals surface area contributed by atoms with Crippen LogP contribution in [0.2, 0.25) is 0 Å². The van der Waals surface area contributed by atoms with Crippen LogP contribution in [0.5, 0.6) is 0 Å². The number of imide groups is 1. The first-order chi connectivity index (χ1) is 13.4. The van der Waals surface area contributed by atoms with Gasteiger partial charge in [-0.1, -0.05) is 38.7 Å². The van der Waals surface area contributed by atoms with Gasteiger partial charge in [0.05, 0.1) is 11.0 Å². The van der Waals surface area contributed by atoms with Crippen molar-refractivity contribution in [2.24, 2.45) is 18.9 Å². The highest BCUT2D eigenvalue weighted by atomic mass is 16.2. The zero-order valence-corrected chi connectivity index (χ0v) is 16.7.